The van der Waals surface area contributed by atoms with Crippen molar-refractivity contribution in [3.63, 3.8) is 0 Å². The van der Waals surface area contributed by atoms with Gasteiger partial charge in [-0.1, -0.05) is 0 Å². The number of methoxy groups -OCH3 is 1. The monoisotopic (exact) mass is 469 g/mol. The highest BCUT2D eigenvalue weighted by molar-refractivity contribution is 6.09. The first-order valence-corrected chi connectivity index (χ1v) is 10.1. The van der Waals surface area contributed by atoms with Crippen molar-refractivity contribution in [1.29, 1.82) is 0 Å². The van der Waals surface area contributed by atoms with Crippen LogP contribution in [0, 0.1) is 0 Å². The molecule has 2 aliphatic heterocycles. The van der Waals surface area contributed by atoms with E-state index < -0.39 is 73.2 Å². The number of aromatic nitrogens is 2. The molecule has 0 radical (unpaired) electrons. The number of rotatable bonds is 5. The Balaban J connectivity index is 1.62. The number of fused-ring (bicyclic) bond motifs is 1. The lowest BCUT2D eigenvalue weighted by Crippen LogP contribution is -2.39. The summed E-state index contributed by atoms with van der Waals surface area (Å²) in [5.74, 6) is -3.15. The minimum Gasteiger partial charge on any atom is -0.497 e. The van der Waals surface area contributed by atoms with Crippen LogP contribution in [0.15, 0.2) is 48.5 Å². The standard InChI is InChI=1S/C25H25N5O4/c1-34-19-11-9-18(10-12-19)30-23-20(22(27-30)24(26)32)13-15-29(25(23)33)17-7-5-16(6-8-17)28-14-3-2-4-21(28)31/h5-12H,2-4,13-15H2,1H3,(H2,26,32)/i2D2,3D2,4D2,13D2,15D2. The van der Waals surface area contributed by atoms with Crippen LogP contribution in [-0.4, -0.2) is 47.7 Å². The first-order chi connectivity index (χ1) is 20.2. The molecule has 0 spiro atoms. The molecule has 2 aliphatic rings. The Hall–Kier alpha value is -4.14. The van der Waals surface area contributed by atoms with Gasteiger partial charge in [-0.2, -0.15) is 5.10 Å². The molecule has 1 fully saturated rings. The second-order valence-corrected chi connectivity index (χ2v) is 7.26. The Morgan fingerprint density at radius 3 is 2.26 bits per heavy atom. The van der Waals surface area contributed by atoms with Crippen LogP contribution in [0.2, 0.25) is 0 Å². The van der Waals surface area contributed by atoms with Gasteiger partial charge in [-0.3, -0.25) is 14.4 Å². The molecule has 0 saturated carbocycles. The van der Waals surface area contributed by atoms with Crippen molar-refractivity contribution in [3.8, 4) is 11.4 Å². The number of nitrogens with zero attached hydrogens (tertiary/aromatic N) is 4. The zero-order valence-corrected chi connectivity index (χ0v) is 17.8. The highest BCUT2D eigenvalue weighted by Gasteiger charge is 2.34. The van der Waals surface area contributed by atoms with Crippen molar-refractivity contribution in [3.05, 3.63) is 65.5 Å². The second-order valence-electron chi connectivity index (χ2n) is 7.26. The lowest BCUT2D eigenvalue weighted by Gasteiger charge is -2.29. The lowest BCUT2D eigenvalue weighted by atomic mass is 10.0. The summed E-state index contributed by atoms with van der Waals surface area (Å²) in [6, 6.07) is 10.7. The van der Waals surface area contributed by atoms with E-state index in [1.807, 2.05) is 0 Å². The van der Waals surface area contributed by atoms with Crippen LogP contribution >= 0.6 is 0 Å². The van der Waals surface area contributed by atoms with Gasteiger partial charge in [0, 0.05) is 47.3 Å². The number of primary amides is 1. The zero-order valence-electron chi connectivity index (χ0n) is 27.8. The van der Waals surface area contributed by atoms with Gasteiger partial charge in [0.25, 0.3) is 11.8 Å². The van der Waals surface area contributed by atoms with Gasteiger partial charge in [0.05, 0.1) is 15.5 Å². The summed E-state index contributed by atoms with van der Waals surface area (Å²) in [6.07, 6.45) is -12.2. The average molecular weight is 470 g/mol. The molecule has 9 nitrogen and oxygen atoms in total. The van der Waals surface area contributed by atoms with Crippen molar-refractivity contribution in [2.24, 2.45) is 5.73 Å². The van der Waals surface area contributed by atoms with E-state index in [0.29, 0.717) is 15.5 Å². The number of carbonyl (C=O) groups is 3. The van der Waals surface area contributed by atoms with Crippen LogP contribution < -0.4 is 20.3 Å². The van der Waals surface area contributed by atoms with E-state index >= 15 is 0 Å². The number of carbonyl (C=O) groups excluding carboxylic acids is 3. The van der Waals surface area contributed by atoms with Gasteiger partial charge in [0.1, 0.15) is 11.4 Å². The molecule has 0 unspecified atom stereocenters. The Kier molecular flexibility index (Phi) is 3.29. The third-order valence-corrected chi connectivity index (χ3v) is 5.29. The van der Waals surface area contributed by atoms with Crippen molar-refractivity contribution < 1.29 is 32.8 Å². The Labute approximate surface area is 210 Å². The molecule has 0 bridgehead atoms. The maximum absolute atomic E-state index is 14.0. The number of amides is 3. The van der Waals surface area contributed by atoms with Gasteiger partial charge in [-0.15, -0.1) is 0 Å². The Bertz CT molecular complexity index is 1690. The van der Waals surface area contributed by atoms with Crippen molar-refractivity contribution in [2.75, 3.05) is 30.0 Å². The molecule has 1 saturated heterocycles. The van der Waals surface area contributed by atoms with E-state index in [2.05, 4.69) is 5.10 Å². The van der Waals surface area contributed by atoms with E-state index in [-0.39, 0.29) is 17.1 Å². The fourth-order valence-electron chi connectivity index (χ4n) is 3.61. The molecule has 34 heavy (non-hydrogen) atoms. The first-order valence-electron chi connectivity index (χ1n) is 15.1. The van der Waals surface area contributed by atoms with Gasteiger partial charge in [0.2, 0.25) is 5.91 Å². The first kappa shape index (κ1) is 12.9. The predicted octanol–water partition coefficient (Wildman–Crippen LogP) is 2.70. The second kappa shape index (κ2) is 8.66. The average Bonchev–Trinajstić information content (AvgIpc) is 3.37. The summed E-state index contributed by atoms with van der Waals surface area (Å²) in [5.41, 5.74) is 3.66. The fraction of sp³-hybridized carbons (Fsp3) is 0.280. The maximum Gasteiger partial charge on any atom is 0.277 e. The maximum atomic E-state index is 14.0. The van der Waals surface area contributed by atoms with Gasteiger partial charge in [-0.25, -0.2) is 4.68 Å². The Morgan fingerprint density at radius 1 is 0.971 bits per heavy atom. The minimum atomic E-state index is -3.22. The summed E-state index contributed by atoms with van der Waals surface area (Å²) in [5, 5.41) is 4.08. The van der Waals surface area contributed by atoms with Crippen molar-refractivity contribution >= 4 is 29.1 Å². The number of hydrogen-bond donors (Lipinski definition) is 1. The molecular weight excluding hydrogens is 434 g/mol. The van der Waals surface area contributed by atoms with E-state index in [4.69, 9.17) is 24.2 Å². The number of anilines is 2. The predicted molar refractivity (Wildman–Crippen MR) is 127 cm³/mol. The molecule has 3 amide bonds. The summed E-state index contributed by atoms with van der Waals surface area (Å²) >= 11 is 0. The topological polar surface area (TPSA) is 111 Å². The zero-order chi connectivity index (χ0) is 32.8. The number of ether oxygens (including phenoxy) is 1. The third kappa shape index (κ3) is 3.68. The van der Waals surface area contributed by atoms with Crippen LogP contribution in [0.5, 0.6) is 5.75 Å². The summed E-state index contributed by atoms with van der Waals surface area (Å²) in [7, 11) is 1.44. The number of nitrogens with two attached hydrogens (primary N) is 1. The van der Waals surface area contributed by atoms with E-state index in [1.54, 1.807) is 0 Å². The number of hydrogen-bond acceptors (Lipinski definition) is 5. The SMILES string of the molecule is [2H]C1([2H])CN(c2ccc(N3C(=O)c4c(c(C(N)=O)nn4-c4ccc(OC)cc4)C([2H])([2H])C3([2H])[2H])cc2)C(=O)C([2H])([2H])C1([2H])[2H]. The summed E-state index contributed by atoms with van der Waals surface area (Å²) in [6.45, 7) is -3.95. The molecule has 0 atom stereocenters. The van der Waals surface area contributed by atoms with Crippen LogP contribution in [0.4, 0.5) is 11.4 Å². The summed E-state index contributed by atoms with van der Waals surface area (Å²) in [4.78, 5) is 40.5. The molecular formula is C25H25N5O4. The van der Waals surface area contributed by atoms with Gasteiger partial charge in [0.15, 0.2) is 5.69 Å². The minimum absolute atomic E-state index is 0.0741. The van der Waals surface area contributed by atoms with Gasteiger partial charge in [-0.05, 0) is 67.6 Å². The molecule has 1 aromatic heterocycles. The van der Waals surface area contributed by atoms with E-state index in [0.717, 1.165) is 16.8 Å². The molecule has 2 N–H and O–H groups in total. The highest BCUT2D eigenvalue weighted by atomic mass is 16.5. The molecule has 0 aliphatic carbocycles. The number of benzene rings is 2. The quantitative estimate of drug-likeness (QED) is 0.618. The fourth-order valence-corrected chi connectivity index (χ4v) is 3.61. The number of piperidine rings is 1. The van der Waals surface area contributed by atoms with Crippen LogP contribution in [-0.2, 0) is 11.2 Å². The molecule has 2 aromatic carbocycles. The van der Waals surface area contributed by atoms with Crippen molar-refractivity contribution in [1.82, 2.24) is 9.78 Å². The Morgan fingerprint density at radius 2 is 1.62 bits per heavy atom. The van der Waals surface area contributed by atoms with Crippen LogP contribution in [0.25, 0.3) is 5.69 Å². The summed E-state index contributed by atoms with van der Waals surface area (Å²) < 4.78 is 88.9. The molecule has 5 rings (SSSR count). The molecule has 3 heterocycles. The molecule has 174 valence electrons. The smallest absolute Gasteiger partial charge is 0.277 e. The molecule has 3 aromatic rings. The van der Waals surface area contributed by atoms with Gasteiger partial charge < -0.3 is 20.3 Å². The molecule has 9 heteroatoms. The van der Waals surface area contributed by atoms with Crippen LogP contribution in [0.1, 0.15) is 59.4 Å². The van der Waals surface area contributed by atoms with Crippen molar-refractivity contribution in [2.45, 2.75) is 25.5 Å². The third-order valence-electron chi connectivity index (χ3n) is 5.29. The lowest BCUT2D eigenvalue weighted by molar-refractivity contribution is -0.119. The highest BCUT2D eigenvalue weighted by Crippen LogP contribution is 2.31. The normalized spacial score (nSPS) is 27.7. The largest absolute Gasteiger partial charge is 0.497 e. The van der Waals surface area contributed by atoms with E-state index in [9.17, 15) is 14.4 Å². The van der Waals surface area contributed by atoms with E-state index in [1.165, 1.54) is 43.5 Å². The van der Waals surface area contributed by atoms with Crippen LogP contribution in [0.3, 0.4) is 0 Å². The van der Waals surface area contributed by atoms with Gasteiger partial charge >= 0.3 is 0 Å².